The van der Waals surface area contributed by atoms with E-state index < -0.39 is 0 Å². The van der Waals surface area contributed by atoms with E-state index in [-0.39, 0.29) is 0 Å². The minimum atomic E-state index is 0.643. The molecular formula is C19H30N2O. The van der Waals surface area contributed by atoms with Crippen molar-refractivity contribution >= 4 is 6.08 Å². The predicted molar refractivity (Wildman–Crippen MR) is 94.1 cm³/mol. The van der Waals surface area contributed by atoms with Crippen LogP contribution < -0.4 is 5.32 Å². The molecule has 1 saturated heterocycles. The Hall–Kier alpha value is -1.16. The van der Waals surface area contributed by atoms with E-state index in [1.165, 1.54) is 43.5 Å². The lowest BCUT2D eigenvalue weighted by Crippen LogP contribution is -2.35. The number of ether oxygens (including phenoxy) is 1. The Morgan fingerprint density at radius 2 is 2.18 bits per heavy atom. The van der Waals surface area contributed by atoms with Gasteiger partial charge in [0.1, 0.15) is 0 Å². The number of nitrogens with one attached hydrogen (secondary N) is 1. The van der Waals surface area contributed by atoms with E-state index >= 15 is 0 Å². The van der Waals surface area contributed by atoms with E-state index in [9.17, 15) is 0 Å². The lowest BCUT2D eigenvalue weighted by molar-refractivity contribution is 0.115. The molecule has 3 heteroatoms. The summed E-state index contributed by atoms with van der Waals surface area (Å²) in [6.45, 7) is 7.54. The molecule has 1 heterocycles. The van der Waals surface area contributed by atoms with Crippen LogP contribution in [-0.4, -0.2) is 50.8 Å². The van der Waals surface area contributed by atoms with E-state index in [1.807, 2.05) is 0 Å². The molecule has 1 aromatic rings. The van der Waals surface area contributed by atoms with Crippen molar-refractivity contribution in [2.24, 2.45) is 0 Å². The highest BCUT2D eigenvalue weighted by molar-refractivity contribution is 5.52. The minimum absolute atomic E-state index is 0.643. The van der Waals surface area contributed by atoms with Gasteiger partial charge in [0, 0.05) is 19.7 Å². The summed E-state index contributed by atoms with van der Waals surface area (Å²) in [6.07, 6.45) is 6.07. The molecule has 1 fully saturated rings. The molecule has 2 rings (SSSR count). The third-order valence-electron chi connectivity index (χ3n) is 4.27. The van der Waals surface area contributed by atoms with Gasteiger partial charge in [-0.15, -0.1) is 0 Å². The molecule has 22 heavy (non-hydrogen) atoms. The molecule has 3 nitrogen and oxygen atoms in total. The highest BCUT2D eigenvalue weighted by Gasteiger charge is 2.23. The average Bonchev–Trinajstić information content (AvgIpc) is 2.96. The summed E-state index contributed by atoms with van der Waals surface area (Å²) in [7, 11) is 1.81. The van der Waals surface area contributed by atoms with Gasteiger partial charge in [0.2, 0.25) is 0 Å². The molecule has 122 valence electrons. The van der Waals surface area contributed by atoms with Gasteiger partial charge < -0.3 is 10.1 Å². The lowest BCUT2D eigenvalue weighted by atomic mass is 10.1. The van der Waals surface area contributed by atoms with Gasteiger partial charge in [0.05, 0.1) is 6.61 Å². The van der Waals surface area contributed by atoms with E-state index in [0.717, 1.165) is 19.7 Å². The molecule has 0 radical (unpaired) electrons. The van der Waals surface area contributed by atoms with Crippen LogP contribution in [0, 0.1) is 0 Å². The normalized spacial score (nSPS) is 19.7. The molecule has 0 spiro atoms. The molecule has 0 bridgehead atoms. The Morgan fingerprint density at radius 1 is 1.36 bits per heavy atom. The quantitative estimate of drug-likeness (QED) is 0.709. The standard InChI is InChI=1S/C19H30N2O/c1-17(14-18-8-4-3-5-9-18)15-20-11-7-13-21-12-6-10-19(21)16-22-2/h3-5,8-9,14,19-20H,6-7,10-13,15-16H2,1-2H3. The molecule has 1 aliphatic heterocycles. The zero-order chi connectivity index (χ0) is 15.6. The molecule has 1 N–H and O–H groups in total. The van der Waals surface area contributed by atoms with Gasteiger partial charge in [-0.1, -0.05) is 42.0 Å². The van der Waals surface area contributed by atoms with Crippen LogP contribution in [0.4, 0.5) is 0 Å². The zero-order valence-corrected chi connectivity index (χ0v) is 14.1. The SMILES string of the molecule is COCC1CCCN1CCCNCC(C)=Cc1ccccc1. The number of likely N-dealkylation sites (tertiary alicyclic amines) is 1. The van der Waals surface area contributed by atoms with E-state index in [0.29, 0.717) is 6.04 Å². The maximum absolute atomic E-state index is 5.31. The highest BCUT2D eigenvalue weighted by Crippen LogP contribution is 2.17. The molecule has 0 aliphatic carbocycles. The summed E-state index contributed by atoms with van der Waals surface area (Å²) in [5.74, 6) is 0. The predicted octanol–water partition coefficient (Wildman–Crippen LogP) is 3.18. The summed E-state index contributed by atoms with van der Waals surface area (Å²) in [5.41, 5.74) is 2.66. The Kier molecular flexibility index (Phi) is 7.64. The van der Waals surface area contributed by atoms with Crippen molar-refractivity contribution in [3.05, 3.63) is 41.5 Å². The third-order valence-corrected chi connectivity index (χ3v) is 4.27. The Morgan fingerprint density at radius 3 is 2.95 bits per heavy atom. The first-order chi connectivity index (χ1) is 10.8. The first kappa shape index (κ1) is 17.2. The fraction of sp³-hybridized carbons (Fsp3) is 0.579. The summed E-state index contributed by atoms with van der Waals surface area (Å²) < 4.78 is 5.31. The van der Waals surface area contributed by atoms with Gasteiger partial charge >= 0.3 is 0 Å². The number of hydrogen-bond acceptors (Lipinski definition) is 3. The monoisotopic (exact) mass is 302 g/mol. The van der Waals surface area contributed by atoms with Crippen molar-refractivity contribution in [2.75, 3.05) is 39.9 Å². The van der Waals surface area contributed by atoms with Crippen molar-refractivity contribution in [2.45, 2.75) is 32.2 Å². The van der Waals surface area contributed by atoms with Gasteiger partial charge in [-0.2, -0.15) is 0 Å². The third kappa shape index (κ3) is 5.91. The van der Waals surface area contributed by atoms with Crippen LogP contribution in [0.25, 0.3) is 6.08 Å². The van der Waals surface area contributed by atoms with Crippen LogP contribution in [0.3, 0.4) is 0 Å². The fourth-order valence-electron chi connectivity index (χ4n) is 3.15. The fourth-order valence-corrected chi connectivity index (χ4v) is 3.15. The summed E-state index contributed by atoms with van der Waals surface area (Å²) in [4.78, 5) is 2.58. The second kappa shape index (κ2) is 9.78. The lowest BCUT2D eigenvalue weighted by Gasteiger charge is -2.23. The van der Waals surface area contributed by atoms with Crippen molar-refractivity contribution in [1.29, 1.82) is 0 Å². The maximum Gasteiger partial charge on any atom is 0.0618 e. The molecule has 1 unspecified atom stereocenters. The highest BCUT2D eigenvalue weighted by atomic mass is 16.5. The molecule has 0 amide bonds. The first-order valence-corrected chi connectivity index (χ1v) is 8.45. The number of nitrogens with zero attached hydrogens (tertiary/aromatic N) is 1. The second-order valence-corrected chi connectivity index (χ2v) is 6.22. The van der Waals surface area contributed by atoms with Crippen molar-refractivity contribution < 1.29 is 4.74 Å². The van der Waals surface area contributed by atoms with Crippen LogP contribution in [0.1, 0.15) is 31.7 Å². The molecule has 1 aliphatic rings. The average molecular weight is 302 g/mol. The van der Waals surface area contributed by atoms with Gasteiger partial charge in [-0.25, -0.2) is 0 Å². The topological polar surface area (TPSA) is 24.5 Å². The number of rotatable bonds is 9. The largest absolute Gasteiger partial charge is 0.383 e. The summed E-state index contributed by atoms with van der Waals surface area (Å²) in [5, 5.41) is 3.55. The molecule has 1 atom stereocenters. The van der Waals surface area contributed by atoms with Crippen LogP contribution in [0.5, 0.6) is 0 Å². The molecule has 0 aromatic heterocycles. The van der Waals surface area contributed by atoms with Crippen LogP contribution in [0.2, 0.25) is 0 Å². The van der Waals surface area contributed by atoms with Crippen LogP contribution in [-0.2, 0) is 4.74 Å². The van der Waals surface area contributed by atoms with Gasteiger partial charge in [0.25, 0.3) is 0 Å². The Bertz CT molecular complexity index is 444. The van der Waals surface area contributed by atoms with Crippen molar-refractivity contribution in [1.82, 2.24) is 10.2 Å². The van der Waals surface area contributed by atoms with E-state index in [2.05, 4.69) is 53.5 Å². The molecule has 1 aromatic carbocycles. The van der Waals surface area contributed by atoms with E-state index in [4.69, 9.17) is 4.74 Å². The zero-order valence-electron chi connectivity index (χ0n) is 14.1. The van der Waals surface area contributed by atoms with Crippen LogP contribution in [0.15, 0.2) is 35.9 Å². The van der Waals surface area contributed by atoms with E-state index in [1.54, 1.807) is 7.11 Å². The smallest absolute Gasteiger partial charge is 0.0618 e. The minimum Gasteiger partial charge on any atom is -0.383 e. The summed E-state index contributed by atoms with van der Waals surface area (Å²) in [6, 6.07) is 11.2. The number of benzene rings is 1. The van der Waals surface area contributed by atoms with Gasteiger partial charge in [0.15, 0.2) is 0 Å². The summed E-state index contributed by atoms with van der Waals surface area (Å²) >= 11 is 0. The van der Waals surface area contributed by atoms with Crippen molar-refractivity contribution in [3.63, 3.8) is 0 Å². The maximum atomic E-state index is 5.31. The number of methoxy groups -OCH3 is 1. The second-order valence-electron chi connectivity index (χ2n) is 6.22. The molecular weight excluding hydrogens is 272 g/mol. The number of hydrogen-bond donors (Lipinski definition) is 1. The van der Waals surface area contributed by atoms with Crippen LogP contribution >= 0.6 is 0 Å². The Balaban J connectivity index is 1.60. The Labute approximate surface area is 135 Å². The first-order valence-electron chi connectivity index (χ1n) is 8.45. The van der Waals surface area contributed by atoms with Crippen molar-refractivity contribution in [3.8, 4) is 0 Å². The van der Waals surface area contributed by atoms with Gasteiger partial charge in [-0.3, -0.25) is 4.90 Å². The molecule has 0 saturated carbocycles. The van der Waals surface area contributed by atoms with Gasteiger partial charge in [-0.05, 0) is 51.4 Å².